The minimum Gasteiger partial charge on any atom is -0.304 e. The van der Waals surface area contributed by atoms with Gasteiger partial charge in [-0.05, 0) is 19.1 Å². The number of hydrogen-bond acceptors (Lipinski definition) is 4. The van der Waals surface area contributed by atoms with E-state index in [0.29, 0.717) is 10.7 Å². The van der Waals surface area contributed by atoms with Crippen molar-refractivity contribution in [2.24, 2.45) is 4.99 Å². The zero-order chi connectivity index (χ0) is 16.2. The molecule has 1 aliphatic heterocycles. The van der Waals surface area contributed by atoms with Gasteiger partial charge < -0.3 is 5.32 Å². The second-order valence-corrected chi connectivity index (χ2v) is 6.53. The molecule has 0 aliphatic carbocycles. The van der Waals surface area contributed by atoms with Crippen LogP contribution in [-0.2, 0) is 4.79 Å². The molecule has 116 valence electrons. The summed E-state index contributed by atoms with van der Waals surface area (Å²) in [5.41, 5.74) is 2.57. The zero-order valence-electron chi connectivity index (χ0n) is 12.7. The summed E-state index contributed by atoms with van der Waals surface area (Å²) in [4.78, 5) is 28.7. The number of carbonyl (C=O) groups is 2. The molecule has 0 bridgehead atoms. The van der Waals surface area contributed by atoms with E-state index in [9.17, 15) is 9.59 Å². The molecule has 2 aromatic carbocycles. The lowest BCUT2D eigenvalue weighted by Crippen LogP contribution is -2.26. The number of carbonyl (C=O) groups excluding carboxylic acids is 2. The summed E-state index contributed by atoms with van der Waals surface area (Å²) in [5.74, 6) is -0.194. The Labute approximate surface area is 139 Å². The zero-order valence-corrected chi connectivity index (χ0v) is 13.5. The number of aliphatic imine (C=N–C) groups is 1. The first kappa shape index (κ1) is 15.5. The minimum atomic E-state index is -0.424. The number of nitrogens with zero attached hydrogens (tertiary/aromatic N) is 1. The van der Waals surface area contributed by atoms with E-state index in [1.807, 2.05) is 49.4 Å². The van der Waals surface area contributed by atoms with Crippen LogP contribution in [-0.4, -0.2) is 22.1 Å². The van der Waals surface area contributed by atoms with E-state index in [4.69, 9.17) is 0 Å². The molecule has 1 aliphatic rings. The third-order valence-corrected chi connectivity index (χ3v) is 4.59. The molecule has 1 saturated heterocycles. The third-order valence-electron chi connectivity index (χ3n) is 3.51. The second-order valence-electron chi connectivity index (χ2n) is 5.34. The lowest BCUT2D eigenvalue weighted by Gasteiger charge is -2.04. The fraction of sp³-hybridized carbons (Fsp3) is 0.167. The Morgan fingerprint density at radius 1 is 1.13 bits per heavy atom. The van der Waals surface area contributed by atoms with Crippen molar-refractivity contribution in [3.8, 4) is 0 Å². The highest BCUT2D eigenvalue weighted by Crippen LogP contribution is 2.26. The molecular weight excluding hydrogens is 308 g/mol. The summed E-state index contributed by atoms with van der Waals surface area (Å²) >= 11 is 1.31. The van der Waals surface area contributed by atoms with Gasteiger partial charge in [0.15, 0.2) is 11.0 Å². The van der Waals surface area contributed by atoms with Crippen molar-refractivity contribution in [1.82, 2.24) is 5.32 Å². The smallest absolute Gasteiger partial charge is 0.240 e. The molecule has 1 unspecified atom stereocenters. The average molecular weight is 324 g/mol. The lowest BCUT2D eigenvalue weighted by atomic mass is 10.1. The number of nitrogens with one attached hydrogen (secondary N) is 1. The maximum atomic E-state index is 12.2. The van der Waals surface area contributed by atoms with Gasteiger partial charge in [-0.15, -0.1) is 0 Å². The van der Waals surface area contributed by atoms with Crippen molar-refractivity contribution in [1.29, 1.82) is 0 Å². The number of amidine groups is 1. The van der Waals surface area contributed by atoms with Crippen molar-refractivity contribution in [2.45, 2.75) is 18.6 Å². The Morgan fingerprint density at radius 3 is 2.52 bits per heavy atom. The van der Waals surface area contributed by atoms with Crippen LogP contribution in [0.4, 0.5) is 5.69 Å². The number of rotatable bonds is 4. The molecular formula is C18H16N2O2S. The van der Waals surface area contributed by atoms with E-state index in [0.717, 1.165) is 11.3 Å². The van der Waals surface area contributed by atoms with Gasteiger partial charge in [0, 0.05) is 12.0 Å². The predicted molar refractivity (Wildman–Crippen MR) is 93.2 cm³/mol. The molecule has 1 amide bonds. The fourth-order valence-electron chi connectivity index (χ4n) is 2.24. The van der Waals surface area contributed by atoms with Gasteiger partial charge >= 0.3 is 0 Å². The number of benzene rings is 2. The highest BCUT2D eigenvalue weighted by atomic mass is 32.2. The highest BCUT2D eigenvalue weighted by Gasteiger charge is 2.32. The molecule has 3 rings (SSSR count). The lowest BCUT2D eigenvalue weighted by molar-refractivity contribution is -0.118. The van der Waals surface area contributed by atoms with Crippen LogP contribution in [0.3, 0.4) is 0 Å². The Hall–Kier alpha value is -2.40. The molecule has 1 heterocycles. The van der Waals surface area contributed by atoms with Crippen LogP contribution in [0.15, 0.2) is 59.6 Å². The highest BCUT2D eigenvalue weighted by molar-refractivity contribution is 8.15. The number of ketones is 1. The maximum Gasteiger partial charge on any atom is 0.240 e. The van der Waals surface area contributed by atoms with Gasteiger partial charge in [-0.25, -0.2) is 4.99 Å². The number of thioether (sulfide) groups is 1. The molecule has 2 aromatic rings. The van der Waals surface area contributed by atoms with Crippen molar-refractivity contribution in [3.05, 3.63) is 65.7 Å². The molecule has 4 nitrogen and oxygen atoms in total. The van der Waals surface area contributed by atoms with Crippen LogP contribution in [0.25, 0.3) is 0 Å². The van der Waals surface area contributed by atoms with Crippen molar-refractivity contribution in [3.63, 3.8) is 0 Å². The van der Waals surface area contributed by atoms with E-state index in [1.54, 1.807) is 12.1 Å². The Bertz CT molecular complexity index is 754. The van der Waals surface area contributed by atoms with Crippen LogP contribution in [0.2, 0.25) is 0 Å². The van der Waals surface area contributed by atoms with Crippen LogP contribution < -0.4 is 5.32 Å². The summed E-state index contributed by atoms with van der Waals surface area (Å²) in [6, 6.07) is 16.8. The first-order valence-electron chi connectivity index (χ1n) is 7.33. The summed E-state index contributed by atoms with van der Waals surface area (Å²) in [6.07, 6.45) is 0.174. The summed E-state index contributed by atoms with van der Waals surface area (Å²) < 4.78 is 0. The standard InChI is InChI=1S/C18H16N2O2S/c1-12-7-9-14(10-8-12)19-18-20-17(22)16(23-18)11-15(21)13-5-3-2-4-6-13/h2-10,16H,11H2,1H3,(H,19,20,22). The molecule has 1 atom stereocenters. The fourth-order valence-corrected chi connectivity index (χ4v) is 3.23. The van der Waals surface area contributed by atoms with Crippen LogP contribution in [0.1, 0.15) is 22.3 Å². The molecule has 5 heteroatoms. The van der Waals surface area contributed by atoms with Crippen LogP contribution in [0.5, 0.6) is 0 Å². The van der Waals surface area contributed by atoms with Gasteiger partial charge in [0.25, 0.3) is 0 Å². The average Bonchev–Trinajstić information content (AvgIpc) is 2.90. The van der Waals surface area contributed by atoms with E-state index in [-0.39, 0.29) is 18.1 Å². The Kier molecular flexibility index (Phi) is 4.57. The molecule has 0 radical (unpaired) electrons. The van der Waals surface area contributed by atoms with E-state index in [1.165, 1.54) is 11.8 Å². The largest absolute Gasteiger partial charge is 0.304 e. The topological polar surface area (TPSA) is 58.5 Å². The minimum absolute atomic E-state index is 0.0326. The Morgan fingerprint density at radius 2 is 1.83 bits per heavy atom. The first-order valence-corrected chi connectivity index (χ1v) is 8.21. The van der Waals surface area contributed by atoms with Crippen molar-refractivity contribution >= 4 is 34.3 Å². The predicted octanol–water partition coefficient (Wildman–Crippen LogP) is 3.49. The van der Waals surface area contributed by atoms with Gasteiger partial charge in [-0.1, -0.05) is 59.8 Å². The van der Waals surface area contributed by atoms with Crippen LogP contribution >= 0.6 is 11.8 Å². The first-order chi connectivity index (χ1) is 11.1. The van der Waals surface area contributed by atoms with E-state index >= 15 is 0 Å². The molecule has 0 aromatic heterocycles. The number of Topliss-reactive ketones (excluding diaryl/α,β-unsaturated/α-hetero) is 1. The quantitative estimate of drug-likeness (QED) is 0.876. The number of amides is 1. The second kappa shape index (κ2) is 6.79. The van der Waals surface area contributed by atoms with Crippen LogP contribution in [0, 0.1) is 6.92 Å². The SMILES string of the molecule is Cc1ccc(N=C2NC(=O)C(CC(=O)c3ccccc3)S2)cc1. The summed E-state index contributed by atoms with van der Waals surface area (Å²) in [7, 11) is 0. The molecule has 0 saturated carbocycles. The van der Waals surface area contributed by atoms with Gasteiger partial charge in [0.1, 0.15) is 0 Å². The maximum absolute atomic E-state index is 12.2. The summed E-state index contributed by atoms with van der Waals surface area (Å²) in [6.45, 7) is 2.01. The molecule has 1 fully saturated rings. The van der Waals surface area contributed by atoms with Gasteiger partial charge in [-0.2, -0.15) is 0 Å². The number of hydrogen-bond donors (Lipinski definition) is 1. The van der Waals surface area contributed by atoms with Gasteiger partial charge in [-0.3, -0.25) is 9.59 Å². The van der Waals surface area contributed by atoms with Gasteiger partial charge in [0.2, 0.25) is 5.91 Å². The summed E-state index contributed by atoms with van der Waals surface area (Å²) in [5, 5.41) is 2.87. The van der Waals surface area contributed by atoms with E-state index in [2.05, 4.69) is 10.3 Å². The van der Waals surface area contributed by atoms with Gasteiger partial charge in [0.05, 0.1) is 10.9 Å². The van der Waals surface area contributed by atoms with Crippen molar-refractivity contribution < 1.29 is 9.59 Å². The third kappa shape index (κ3) is 3.87. The molecule has 1 N–H and O–H groups in total. The molecule has 0 spiro atoms. The normalized spacial score (nSPS) is 18.9. The van der Waals surface area contributed by atoms with E-state index < -0.39 is 5.25 Å². The monoisotopic (exact) mass is 324 g/mol. The Balaban J connectivity index is 1.68. The number of aryl methyl sites for hydroxylation is 1. The molecule has 23 heavy (non-hydrogen) atoms. The van der Waals surface area contributed by atoms with Crippen molar-refractivity contribution in [2.75, 3.05) is 0 Å².